The first-order valence-corrected chi connectivity index (χ1v) is 7.93. The molecule has 0 unspecified atom stereocenters. The van der Waals surface area contributed by atoms with Crippen LogP contribution in [0.1, 0.15) is 31.4 Å². The van der Waals surface area contributed by atoms with Gasteiger partial charge in [0.05, 0.1) is 13.1 Å². The Bertz CT molecular complexity index is 562. The van der Waals surface area contributed by atoms with Gasteiger partial charge in [-0.05, 0) is 24.0 Å². The third kappa shape index (κ3) is 6.37. The molecule has 132 valence electrons. The molecule has 1 aromatic rings. The van der Waals surface area contributed by atoms with E-state index in [1.807, 2.05) is 32.0 Å². The number of carbonyl (C=O) groups excluding carboxylic acids is 1. The number of nitrogens with zero attached hydrogens (tertiary/aromatic N) is 1. The van der Waals surface area contributed by atoms with Crippen molar-refractivity contribution in [1.29, 1.82) is 0 Å². The Morgan fingerprint density at radius 1 is 1.00 bits per heavy atom. The molecule has 0 aromatic heterocycles. The number of anilines is 1. The molecular weight excluding hydrogens is 312 g/mol. The summed E-state index contributed by atoms with van der Waals surface area (Å²) in [4.78, 5) is 34.9. The first-order valence-electron chi connectivity index (χ1n) is 7.93. The van der Waals surface area contributed by atoms with Crippen LogP contribution in [0.3, 0.4) is 0 Å². The van der Waals surface area contributed by atoms with Gasteiger partial charge in [-0.3, -0.25) is 19.3 Å². The second-order valence-electron chi connectivity index (χ2n) is 5.45. The molecule has 0 bridgehead atoms. The Balaban J connectivity index is 2.71. The molecule has 0 fully saturated rings. The fourth-order valence-corrected chi connectivity index (χ4v) is 2.46. The maximum atomic E-state index is 12.2. The van der Waals surface area contributed by atoms with Gasteiger partial charge in [0.15, 0.2) is 0 Å². The van der Waals surface area contributed by atoms with Crippen LogP contribution in [-0.2, 0) is 27.2 Å². The zero-order chi connectivity index (χ0) is 18.1. The molecule has 0 atom stereocenters. The molecule has 0 saturated carbocycles. The maximum absolute atomic E-state index is 12.2. The highest BCUT2D eigenvalue weighted by molar-refractivity contribution is 5.92. The van der Waals surface area contributed by atoms with Crippen molar-refractivity contribution in [3.8, 4) is 0 Å². The van der Waals surface area contributed by atoms with Gasteiger partial charge in [0.25, 0.3) is 0 Å². The zero-order valence-electron chi connectivity index (χ0n) is 14.0. The van der Waals surface area contributed by atoms with Gasteiger partial charge < -0.3 is 15.5 Å². The third-order valence-corrected chi connectivity index (χ3v) is 3.64. The summed E-state index contributed by atoms with van der Waals surface area (Å²) < 4.78 is 0. The molecule has 0 spiro atoms. The molecule has 0 radical (unpaired) electrons. The number of nitrogens with one attached hydrogen (secondary N) is 1. The van der Waals surface area contributed by atoms with Crippen molar-refractivity contribution in [2.45, 2.75) is 33.1 Å². The molecule has 3 N–H and O–H groups in total. The topological polar surface area (TPSA) is 107 Å². The second-order valence-corrected chi connectivity index (χ2v) is 5.45. The predicted octanol–water partition coefficient (Wildman–Crippen LogP) is 1.61. The van der Waals surface area contributed by atoms with Crippen LogP contribution in [0, 0.1) is 0 Å². The van der Waals surface area contributed by atoms with Crippen molar-refractivity contribution in [2.75, 3.05) is 25.0 Å². The lowest BCUT2D eigenvalue weighted by Gasteiger charge is -2.18. The number of benzene rings is 1. The number of carboxylic acid groups (broad SMARTS) is 2. The molecule has 0 aliphatic heterocycles. The summed E-state index contributed by atoms with van der Waals surface area (Å²) in [5.74, 6) is -2.51. The number of carboxylic acids is 2. The highest BCUT2D eigenvalue weighted by Gasteiger charge is 2.16. The average molecular weight is 336 g/mol. The third-order valence-electron chi connectivity index (χ3n) is 3.64. The van der Waals surface area contributed by atoms with Gasteiger partial charge in [-0.25, -0.2) is 0 Å². The van der Waals surface area contributed by atoms with E-state index < -0.39 is 25.0 Å². The number of aliphatic carboxylic acids is 2. The van der Waals surface area contributed by atoms with Gasteiger partial charge in [-0.15, -0.1) is 0 Å². The highest BCUT2D eigenvalue weighted by Crippen LogP contribution is 2.22. The van der Waals surface area contributed by atoms with Crippen LogP contribution in [-0.4, -0.2) is 52.6 Å². The molecule has 0 aliphatic rings. The second kappa shape index (κ2) is 9.67. The lowest BCUT2D eigenvalue weighted by Crippen LogP contribution is -2.36. The van der Waals surface area contributed by atoms with Crippen LogP contribution in [0.5, 0.6) is 0 Å². The van der Waals surface area contributed by atoms with E-state index in [9.17, 15) is 14.4 Å². The molecule has 7 heteroatoms. The Morgan fingerprint density at radius 3 is 1.92 bits per heavy atom. The molecule has 0 heterocycles. The van der Waals surface area contributed by atoms with Crippen molar-refractivity contribution >= 4 is 23.5 Å². The number of hydrogen-bond acceptors (Lipinski definition) is 4. The zero-order valence-corrected chi connectivity index (χ0v) is 14.0. The summed E-state index contributed by atoms with van der Waals surface area (Å²) in [6.07, 6.45) is 1.60. The van der Waals surface area contributed by atoms with E-state index in [1.165, 1.54) is 4.90 Å². The first-order chi connectivity index (χ1) is 11.4. The minimum Gasteiger partial charge on any atom is -0.480 e. The van der Waals surface area contributed by atoms with Crippen LogP contribution >= 0.6 is 0 Å². The van der Waals surface area contributed by atoms with Crippen molar-refractivity contribution in [1.82, 2.24) is 4.90 Å². The SMILES string of the molecule is CCc1cccc(CC)c1NC(=O)CCN(CC(=O)O)CC(=O)O. The summed E-state index contributed by atoms with van der Waals surface area (Å²) in [7, 11) is 0. The number of amides is 1. The van der Waals surface area contributed by atoms with Crippen LogP contribution in [0.15, 0.2) is 18.2 Å². The average Bonchev–Trinajstić information content (AvgIpc) is 2.51. The molecule has 1 rings (SSSR count). The number of rotatable bonds is 10. The van der Waals surface area contributed by atoms with Crippen molar-refractivity contribution in [3.05, 3.63) is 29.3 Å². The minimum atomic E-state index is -1.12. The number of carbonyl (C=O) groups is 3. The number of aryl methyl sites for hydroxylation is 2. The van der Waals surface area contributed by atoms with E-state index in [1.54, 1.807) is 0 Å². The fraction of sp³-hybridized carbons (Fsp3) is 0.471. The van der Waals surface area contributed by atoms with Crippen molar-refractivity contribution in [2.24, 2.45) is 0 Å². The lowest BCUT2D eigenvalue weighted by atomic mass is 10.0. The van der Waals surface area contributed by atoms with E-state index in [0.717, 1.165) is 29.7 Å². The quantitative estimate of drug-likeness (QED) is 0.599. The van der Waals surface area contributed by atoms with Crippen molar-refractivity contribution < 1.29 is 24.6 Å². The fourth-order valence-electron chi connectivity index (χ4n) is 2.46. The molecule has 0 aliphatic carbocycles. The van der Waals surface area contributed by atoms with Crippen LogP contribution in [0.4, 0.5) is 5.69 Å². The molecular formula is C17H24N2O5. The van der Waals surface area contributed by atoms with Crippen LogP contribution in [0.25, 0.3) is 0 Å². The van der Waals surface area contributed by atoms with Crippen LogP contribution in [0.2, 0.25) is 0 Å². The highest BCUT2D eigenvalue weighted by atomic mass is 16.4. The van der Waals surface area contributed by atoms with Gasteiger partial charge in [0.1, 0.15) is 0 Å². The standard InChI is InChI=1S/C17H24N2O5/c1-3-12-6-5-7-13(4-2)17(12)18-14(20)8-9-19(10-15(21)22)11-16(23)24/h5-7H,3-4,8-11H2,1-2H3,(H,18,20)(H,21,22)(H,23,24). The van der Waals surface area contributed by atoms with E-state index in [0.29, 0.717) is 0 Å². The summed E-state index contributed by atoms with van der Waals surface area (Å²) in [5, 5.41) is 20.5. The van der Waals surface area contributed by atoms with Gasteiger partial charge in [-0.2, -0.15) is 0 Å². The monoisotopic (exact) mass is 336 g/mol. The molecule has 7 nitrogen and oxygen atoms in total. The predicted molar refractivity (Wildman–Crippen MR) is 90.2 cm³/mol. The Hall–Kier alpha value is -2.41. The largest absolute Gasteiger partial charge is 0.480 e. The molecule has 1 amide bonds. The summed E-state index contributed by atoms with van der Waals surface area (Å²) in [6.45, 7) is 3.26. The Labute approximate surface area is 141 Å². The van der Waals surface area contributed by atoms with Gasteiger partial charge in [0.2, 0.25) is 5.91 Å². The number of hydrogen-bond donors (Lipinski definition) is 3. The Morgan fingerprint density at radius 2 is 1.50 bits per heavy atom. The molecule has 0 saturated heterocycles. The summed E-state index contributed by atoms with van der Waals surface area (Å²) in [5.41, 5.74) is 2.88. The summed E-state index contributed by atoms with van der Waals surface area (Å²) >= 11 is 0. The van der Waals surface area contributed by atoms with Gasteiger partial charge in [0, 0.05) is 18.7 Å². The van der Waals surface area contributed by atoms with Crippen molar-refractivity contribution in [3.63, 3.8) is 0 Å². The molecule has 24 heavy (non-hydrogen) atoms. The maximum Gasteiger partial charge on any atom is 0.317 e. The number of para-hydroxylation sites is 1. The lowest BCUT2D eigenvalue weighted by molar-refractivity contribution is -0.142. The van der Waals surface area contributed by atoms with Crippen LogP contribution < -0.4 is 5.32 Å². The van der Waals surface area contributed by atoms with E-state index in [-0.39, 0.29) is 18.9 Å². The summed E-state index contributed by atoms with van der Waals surface area (Å²) in [6, 6.07) is 5.86. The van der Waals surface area contributed by atoms with Gasteiger partial charge in [-0.1, -0.05) is 32.0 Å². The first kappa shape index (κ1) is 19.6. The normalized spacial score (nSPS) is 10.6. The Kier molecular flexibility index (Phi) is 7.91. The smallest absolute Gasteiger partial charge is 0.317 e. The van der Waals surface area contributed by atoms with E-state index >= 15 is 0 Å². The van der Waals surface area contributed by atoms with E-state index in [4.69, 9.17) is 10.2 Å². The minimum absolute atomic E-state index is 0.0295. The molecule has 1 aromatic carbocycles. The van der Waals surface area contributed by atoms with E-state index in [2.05, 4.69) is 5.32 Å². The van der Waals surface area contributed by atoms with Gasteiger partial charge >= 0.3 is 11.9 Å².